The average molecular weight is 595 g/mol. The summed E-state index contributed by atoms with van der Waals surface area (Å²) < 4.78 is 35.7. The van der Waals surface area contributed by atoms with E-state index in [0.717, 1.165) is 29.8 Å². The molecule has 2 N–H and O–H groups in total. The minimum absolute atomic E-state index is 0.00755. The number of carbonyl (C=O) groups is 1. The molecule has 4 aromatic rings. The monoisotopic (exact) mass is 594 g/mol. The minimum atomic E-state index is -3.97. The maximum absolute atomic E-state index is 13.9. The third-order valence-corrected chi connectivity index (χ3v) is 9.78. The highest BCUT2D eigenvalue weighted by Gasteiger charge is 2.34. The second-order valence-electron chi connectivity index (χ2n) is 12.3. The molecule has 2 saturated heterocycles. The Balaban J connectivity index is 1.45. The largest absolute Gasteiger partial charge is 0.444 e. The summed E-state index contributed by atoms with van der Waals surface area (Å²) in [6, 6.07) is 10.2. The number of piperidine rings is 2. The Labute approximate surface area is 245 Å². The van der Waals surface area contributed by atoms with E-state index in [-0.39, 0.29) is 28.2 Å². The van der Waals surface area contributed by atoms with E-state index in [1.54, 1.807) is 41.4 Å². The van der Waals surface area contributed by atoms with Crippen LogP contribution in [0.1, 0.15) is 58.3 Å². The maximum Gasteiger partial charge on any atom is 0.410 e. The molecule has 0 bridgehead atoms. The van der Waals surface area contributed by atoms with Crippen molar-refractivity contribution in [3.63, 3.8) is 0 Å². The van der Waals surface area contributed by atoms with Crippen LogP contribution in [0.25, 0.3) is 22.1 Å². The number of ether oxygens (including phenoxy) is 1. The Hall–Kier alpha value is -3.48. The van der Waals surface area contributed by atoms with Gasteiger partial charge in [-0.2, -0.15) is 0 Å². The molecule has 0 radical (unpaired) electrons. The third kappa shape index (κ3) is 5.50. The molecular weight excluding hydrogens is 556 g/mol. The molecule has 6 rings (SSSR count). The van der Waals surface area contributed by atoms with Crippen molar-refractivity contribution in [3.8, 4) is 0 Å². The molecule has 2 aliphatic heterocycles. The van der Waals surface area contributed by atoms with Crippen LogP contribution >= 0.6 is 0 Å². The maximum atomic E-state index is 13.9. The number of fused-ring (bicyclic) bond motifs is 3. The van der Waals surface area contributed by atoms with Gasteiger partial charge in [0.15, 0.2) is 5.03 Å². The van der Waals surface area contributed by atoms with Crippen LogP contribution in [-0.4, -0.2) is 86.8 Å². The van der Waals surface area contributed by atoms with Gasteiger partial charge in [-0.3, -0.25) is 4.90 Å². The van der Waals surface area contributed by atoms with Crippen LogP contribution in [0.3, 0.4) is 0 Å². The number of hydrogen-bond donors (Lipinski definition) is 2. The van der Waals surface area contributed by atoms with Crippen molar-refractivity contribution in [2.45, 2.75) is 80.7 Å². The molecule has 0 unspecified atom stereocenters. The number of benzene rings is 1. The van der Waals surface area contributed by atoms with Gasteiger partial charge < -0.3 is 24.3 Å². The molecule has 11 nitrogen and oxygen atoms in total. The molecule has 2 aliphatic rings. The summed E-state index contributed by atoms with van der Waals surface area (Å²) in [5.74, 6) is 0.761. The summed E-state index contributed by atoms with van der Waals surface area (Å²) >= 11 is 0. The number of aliphatic hydroxyl groups is 1. The Kier molecular flexibility index (Phi) is 7.48. The van der Waals surface area contributed by atoms with Crippen molar-refractivity contribution in [2.24, 2.45) is 0 Å². The van der Waals surface area contributed by atoms with Gasteiger partial charge in [-0.25, -0.2) is 23.2 Å². The lowest BCUT2D eigenvalue weighted by Crippen LogP contribution is -2.42. The predicted octanol–water partition coefficient (Wildman–Crippen LogP) is 4.27. The first-order valence-electron chi connectivity index (χ1n) is 14.6. The first-order chi connectivity index (χ1) is 20.0. The van der Waals surface area contributed by atoms with E-state index in [9.17, 15) is 18.3 Å². The lowest BCUT2D eigenvalue weighted by Gasteiger charge is -2.35. The number of H-pyrrole nitrogens is 1. The smallest absolute Gasteiger partial charge is 0.410 e. The molecule has 3 aromatic heterocycles. The summed E-state index contributed by atoms with van der Waals surface area (Å²) in [5.41, 5.74) is 1.00. The topological polar surface area (TPSA) is 134 Å². The molecule has 0 atom stereocenters. The number of sulfone groups is 1. The summed E-state index contributed by atoms with van der Waals surface area (Å²) in [5, 5.41) is 10.8. The van der Waals surface area contributed by atoms with Crippen molar-refractivity contribution in [3.05, 3.63) is 48.4 Å². The highest BCUT2D eigenvalue weighted by Crippen LogP contribution is 2.37. The molecule has 2 fully saturated rings. The van der Waals surface area contributed by atoms with Crippen LogP contribution in [0, 0.1) is 0 Å². The highest BCUT2D eigenvalue weighted by molar-refractivity contribution is 7.91. The summed E-state index contributed by atoms with van der Waals surface area (Å²) in [6.45, 7) is 8.60. The van der Waals surface area contributed by atoms with Gasteiger partial charge >= 0.3 is 6.09 Å². The number of aromatic amines is 1. The number of aromatic nitrogens is 4. The van der Waals surface area contributed by atoms with Crippen LogP contribution in [0.2, 0.25) is 0 Å². The van der Waals surface area contributed by atoms with Gasteiger partial charge in [-0.1, -0.05) is 18.2 Å². The number of amides is 1. The fraction of sp³-hybridized carbons (Fsp3) is 0.500. The number of rotatable bonds is 5. The van der Waals surface area contributed by atoms with Crippen molar-refractivity contribution in [1.29, 1.82) is 0 Å². The third-order valence-electron chi connectivity index (χ3n) is 8.09. The first kappa shape index (κ1) is 28.6. The van der Waals surface area contributed by atoms with E-state index in [4.69, 9.17) is 9.72 Å². The van der Waals surface area contributed by atoms with Crippen molar-refractivity contribution in [2.75, 3.05) is 26.2 Å². The number of hydrogen-bond acceptors (Lipinski definition) is 8. The summed E-state index contributed by atoms with van der Waals surface area (Å²) in [4.78, 5) is 29.7. The zero-order valence-corrected chi connectivity index (χ0v) is 25.1. The number of aliphatic hydroxyl groups excluding tert-OH is 1. The number of imidazole rings is 1. The van der Waals surface area contributed by atoms with E-state index in [0.29, 0.717) is 56.5 Å². The molecular formula is C30H38N6O5S. The lowest BCUT2D eigenvalue weighted by atomic mass is 10.0. The van der Waals surface area contributed by atoms with Gasteiger partial charge in [-0.05, 0) is 64.7 Å². The Morgan fingerprint density at radius 2 is 1.71 bits per heavy atom. The second kappa shape index (κ2) is 11.0. The molecule has 0 aliphatic carbocycles. The molecule has 5 heterocycles. The minimum Gasteiger partial charge on any atom is -0.444 e. The SMILES string of the molecule is CC(C)(C)OC(=O)N1CCC(n2c(CN3CCC(O)CC3)nc3c(S(=O)(=O)c4ccccc4)nc4[nH]ccc4c32)CC1. The van der Waals surface area contributed by atoms with Crippen LogP contribution in [0.4, 0.5) is 4.79 Å². The predicted molar refractivity (Wildman–Crippen MR) is 158 cm³/mol. The van der Waals surface area contributed by atoms with E-state index in [2.05, 4.69) is 19.4 Å². The van der Waals surface area contributed by atoms with Crippen LogP contribution in [0.15, 0.2) is 52.5 Å². The van der Waals surface area contributed by atoms with Gasteiger partial charge in [0.2, 0.25) is 9.84 Å². The number of likely N-dealkylation sites (tertiary alicyclic amines) is 2. The summed E-state index contributed by atoms with van der Waals surface area (Å²) in [7, 11) is -3.97. The van der Waals surface area contributed by atoms with Gasteiger partial charge in [0.05, 0.1) is 23.1 Å². The fourth-order valence-corrected chi connectivity index (χ4v) is 7.35. The molecule has 1 amide bonds. The molecule has 1 aromatic carbocycles. The number of nitrogens with one attached hydrogen (secondary N) is 1. The van der Waals surface area contributed by atoms with Crippen molar-refractivity contribution in [1.82, 2.24) is 29.3 Å². The highest BCUT2D eigenvalue weighted by atomic mass is 32.2. The second-order valence-corrected chi connectivity index (χ2v) is 14.1. The van der Waals surface area contributed by atoms with E-state index in [1.165, 1.54) is 0 Å². The molecule has 224 valence electrons. The molecule has 42 heavy (non-hydrogen) atoms. The lowest BCUT2D eigenvalue weighted by molar-refractivity contribution is 0.0187. The normalized spacial score (nSPS) is 18.2. The van der Waals surface area contributed by atoms with Gasteiger partial charge in [0.1, 0.15) is 22.6 Å². The Morgan fingerprint density at radius 3 is 2.38 bits per heavy atom. The van der Waals surface area contributed by atoms with Crippen molar-refractivity contribution >= 4 is 38.0 Å². The van der Waals surface area contributed by atoms with Crippen LogP contribution in [0.5, 0.6) is 0 Å². The summed E-state index contributed by atoms with van der Waals surface area (Å²) in [6.07, 6.45) is 3.86. The van der Waals surface area contributed by atoms with Crippen LogP contribution < -0.4 is 0 Å². The van der Waals surface area contributed by atoms with E-state index >= 15 is 0 Å². The molecule has 12 heteroatoms. The quantitative estimate of drug-likeness (QED) is 0.350. The van der Waals surface area contributed by atoms with Gasteiger partial charge in [0, 0.05) is 43.8 Å². The Bertz CT molecular complexity index is 1690. The van der Waals surface area contributed by atoms with Crippen molar-refractivity contribution < 1.29 is 23.1 Å². The van der Waals surface area contributed by atoms with E-state index < -0.39 is 15.4 Å². The first-order valence-corrected chi connectivity index (χ1v) is 16.1. The van der Waals surface area contributed by atoms with Gasteiger partial charge in [0.25, 0.3) is 0 Å². The van der Waals surface area contributed by atoms with Gasteiger partial charge in [-0.15, -0.1) is 0 Å². The Morgan fingerprint density at radius 1 is 1.02 bits per heavy atom. The van der Waals surface area contributed by atoms with E-state index in [1.807, 2.05) is 26.8 Å². The fourth-order valence-electron chi connectivity index (χ4n) is 6.00. The zero-order chi connectivity index (χ0) is 29.6. The average Bonchev–Trinajstić information content (AvgIpc) is 3.58. The van der Waals surface area contributed by atoms with Crippen LogP contribution in [-0.2, 0) is 21.1 Å². The number of nitrogens with zero attached hydrogens (tertiary/aromatic N) is 5. The molecule has 0 spiro atoms. The molecule has 0 saturated carbocycles. The zero-order valence-electron chi connectivity index (χ0n) is 24.3. The standard InChI is InChI=1S/C30H38N6O5S/c1-30(2,3)41-29(38)35-17-10-20(11-18-35)36-24(19-34-15-12-21(37)13-16-34)32-25-26(36)23-9-14-31-27(23)33-28(25)42(39,40)22-7-5-4-6-8-22/h4-9,14,20-21,37H,10-13,15-19H2,1-3H3,(H,31,33). The number of carbonyl (C=O) groups excluding carboxylic acids is 1. The number of pyridine rings is 1.